The predicted molar refractivity (Wildman–Crippen MR) is 103 cm³/mol. The van der Waals surface area contributed by atoms with Gasteiger partial charge < -0.3 is 15.2 Å². The van der Waals surface area contributed by atoms with Gasteiger partial charge in [0, 0.05) is 4.47 Å². The molecule has 0 aliphatic rings. The maximum Gasteiger partial charge on any atom is 0.408 e. The maximum atomic E-state index is 12.3. The number of hydrogen-bond acceptors (Lipinski definition) is 5. The summed E-state index contributed by atoms with van der Waals surface area (Å²) >= 11 is 3.30. The molecule has 2 aromatic carbocycles. The first-order valence-corrected chi connectivity index (χ1v) is 9.01. The van der Waals surface area contributed by atoms with Crippen LogP contribution in [0.4, 0.5) is 4.79 Å². The van der Waals surface area contributed by atoms with Crippen molar-refractivity contribution in [1.82, 2.24) is 5.32 Å². The first kappa shape index (κ1) is 20.8. The Labute approximate surface area is 165 Å². The smallest absolute Gasteiger partial charge is 0.408 e. The lowest BCUT2D eigenvalue weighted by molar-refractivity contribution is -0.151. The Bertz CT molecular complexity index is 806. The van der Waals surface area contributed by atoms with Crippen LogP contribution in [0.5, 0.6) is 0 Å². The fraction of sp³-hybridized carbons (Fsp3) is 0.250. The Morgan fingerprint density at radius 1 is 1.04 bits per heavy atom. The first-order chi connectivity index (χ1) is 12.7. The Hall–Kier alpha value is -2.51. The van der Waals surface area contributed by atoms with Gasteiger partial charge in [0.2, 0.25) is 5.60 Å². The van der Waals surface area contributed by atoms with Crippen molar-refractivity contribution in [1.29, 1.82) is 0 Å². The zero-order valence-corrected chi connectivity index (χ0v) is 16.5. The highest BCUT2D eigenvalue weighted by molar-refractivity contribution is 9.10. The molecule has 2 rings (SSSR count). The first-order valence-electron chi connectivity index (χ1n) is 8.22. The lowest BCUT2D eigenvalue weighted by Crippen LogP contribution is -2.55. The van der Waals surface area contributed by atoms with Crippen LogP contribution in [0.25, 0.3) is 0 Å². The Morgan fingerprint density at radius 3 is 2.11 bits per heavy atom. The van der Waals surface area contributed by atoms with E-state index in [2.05, 4.69) is 21.2 Å². The average molecular weight is 434 g/mol. The fourth-order valence-electron chi connectivity index (χ4n) is 2.62. The third kappa shape index (κ3) is 5.02. The molecule has 2 N–H and O–H groups in total. The van der Waals surface area contributed by atoms with Gasteiger partial charge in [0.15, 0.2) is 11.6 Å². The summed E-state index contributed by atoms with van der Waals surface area (Å²) in [6.07, 6.45) is -0.854. The number of Topliss-reactive ketones (excluding diaryl/α,β-unsaturated/α-hetero) is 2. The SMILES string of the molecule is CC(=O)C(O)(C(C)=O)[C@@H](NC(=O)OCc1ccccc1)c1ccc(Br)cc1. The van der Waals surface area contributed by atoms with Crippen molar-refractivity contribution >= 4 is 33.6 Å². The molecule has 0 spiro atoms. The number of carbonyl (C=O) groups is 3. The van der Waals surface area contributed by atoms with Crippen LogP contribution in [0.1, 0.15) is 31.0 Å². The number of hydrogen-bond donors (Lipinski definition) is 2. The van der Waals surface area contributed by atoms with Crippen LogP contribution >= 0.6 is 15.9 Å². The quantitative estimate of drug-likeness (QED) is 0.653. The molecule has 27 heavy (non-hydrogen) atoms. The summed E-state index contributed by atoms with van der Waals surface area (Å²) in [5.41, 5.74) is -1.23. The Kier molecular flexibility index (Phi) is 6.87. The molecule has 0 radical (unpaired) electrons. The van der Waals surface area contributed by atoms with Crippen LogP contribution in [-0.4, -0.2) is 28.4 Å². The van der Waals surface area contributed by atoms with Crippen molar-refractivity contribution < 1.29 is 24.2 Å². The lowest BCUT2D eigenvalue weighted by Gasteiger charge is -2.32. The number of benzene rings is 2. The van der Waals surface area contributed by atoms with E-state index in [0.29, 0.717) is 5.56 Å². The molecule has 6 nitrogen and oxygen atoms in total. The molecule has 0 aliphatic heterocycles. The molecular weight excluding hydrogens is 414 g/mol. The van der Waals surface area contributed by atoms with Gasteiger partial charge in [0.25, 0.3) is 0 Å². The molecule has 0 fully saturated rings. The largest absolute Gasteiger partial charge is 0.445 e. The van der Waals surface area contributed by atoms with Gasteiger partial charge in [-0.15, -0.1) is 0 Å². The van der Waals surface area contributed by atoms with E-state index in [-0.39, 0.29) is 6.61 Å². The normalized spacial score (nSPS) is 12.1. The van der Waals surface area contributed by atoms with Gasteiger partial charge in [0.05, 0.1) is 0 Å². The third-order valence-electron chi connectivity index (χ3n) is 4.17. The molecule has 142 valence electrons. The topological polar surface area (TPSA) is 92.7 Å². The minimum Gasteiger partial charge on any atom is -0.445 e. The summed E-state index contributed by atoms with van der Waals surface area (Å²) in [5.74, 6) is -1.54. The van der Waals surface area contributed by atoms with Gasteiger partial charge in [-0.2, -0.15) is 0 Å². The molecule has 0 bridgehead atoms. The van der Waals surface area contributed by atoms with Crippen LogP contribution < -0.4 is 5.32 Å². The number of rotatable bonds is 7. The Morgan fingerprint density at radius 2 is 1.59 bits per heavy atom. The van der Waals surface area contributed by atoms with Crippen molar-refractivity contribution in [3.63, 3.8) is 0 Å². The standard InChI is InChI=1S/C20H20BrNO5/c1-13(23)20(26,14(2)24)18(16-8-10-17(21)11-9-16)22-19(25)27-12-15-6-4-3-5-7-15/h3-11,18,26H,12H2,1-2H3,(H,22,25)/t18-/m0/s1. The second-order valence-corrected chi connectivity index (χ2v) is 6.99. The van der Waals surface area contributed by atoms with Gasteiger partial charge >= 0.3 is 6.09 Å². The monoisotopic (exact) mass is 433 g/mol. The van der Waals surface area contributed by atoms with Crippen LogP contribution in [0.3, 0.4) is 0 Å². The number of carbonyl (C=O) groups excluding carboxylic acids is 3. The van der Waals surface area contributed by atoms with E-state index < -0.39 is 29.3 Å². The minimum absolute atomic E-state index is 0.0122. The highest BCUT2D eigenvalue weighted by atomic mass is 79.9. The summed E-state index contributed by atoms with van der Waals surface area (Å²) in [6.45, 7) is 2.22. The maximum absolute atomic E-state index is 12.3. The zero-order chi connectivity index (χ0) is 20.0. The summed E-state index contributed by atoms with van der Waals surface area (Å²) in [4.78, 5) is 36.4. The van der Waals surface area contributed by atoms with Crippen LogP contribution in [-0.2, 0) is 20.9 Å². The van der Waals surface area contributed by atoms with Crippen LogP contribution in [0, 0.1) is 0 Å². The molecule has 0 aliphatic carbocycles. The summed E-state index contributed by atoms with van der Waals surface area (Å²) < 4.78 is 5.93. The van der Waals surface area contributed by atoms with Crippen molar-refractivity contribution in [3.05, 3.63) is 70.2 Å². The van der Waals surface area contributed by atoms with E-state index in [0.717, 1.165) is 23.9 Å². The lowest BCUT2D eigenvalue weighted by atomic mass is 9.82. The van der Waals surface area contributed by atoms with Gasteiger partial charge in [-0.1, -0.05) is 58.4 Å². The van der Waals surface area contributed by atoms with Crippen molar-refractivity contribution in [2.75, 3.05) is 0 Å². The van der Waals surface area contributed by atoms with E-state index in [1.54, 1.807) is 36.4 Å². The van der Waals surface area contributed by atoms with E-state index >= 15 is 0 Å². The van der Waals surface area contributed by atoms with Gasteiger partial charge in [-0.25, -0.2) is 4.79 Å². The van der Waals surface area contributed by atoms with Crippen LogP contribution in [0.15, 0.2) is 59.1 Å². The molecule has 0 saturated carbocycles. The van der Waals surface area contributed by atoms with Crippen molar-refractivity contribution in [2.24, 2.45) is 0 Å². The van der Waals surface area contributed by atoms with E-state index in [9.17, 15) is 19.5 Å². The molecule has 0 saturated heterocycles. The third-order valence-corrected chi connectivity index (χ3v) is 4.70. The minimum atomic E-state index is -2.40. The van der Waals surface area contributed by atoms with Crippen molar-refractivity contribution in [2.45, 2.75) is 32.1 Å². The van der Waals surface area contributed by atoms with E-state index in [1.165, 1.54) is 0 Å². The summed E-state index contributed by atoms with van der Waals surface area (Å²) in [7, 11) is 0. The Balaban J connectivity index is 2.26. The van der Waals surface area contributed by atoms with E-state index in [4.69, 9.17) is 4.74 Å². The molecular formula is C20H20BrNO5. The van der Waals surface area contributed by atoms with Crippen molar-refractivity contribution in [3.8, 4) is 0 Å². The van der Waals surface area contributed by atoms with Gasteiger partial charge in [-0.05, 0) is 37.1 Å². The second-order valence-electron chi connectivity index (χ2n) is 6.07. The number of ether oxygens (including phenoxy) is 1. The molecule has 1 amide bonds. The summed E-state index contributed by atoms with van der Waals surface area (Å²) in [6, 6.07) is 14.3. The summed E-state index contributed by atoms with van der Waals surface area (Å²) in [5, 5.41) is 13.3. The number of ketones is 2. The number of nitrogens with one attached hydrogen (secondary N) is 1. The zero-order valence-electron chi connectivity index (χ0n) is 14.9. The average Bonchev–Trinajstić information content (AvgIpc) is 2.65. The highest BCUT2D eigenvalue weighted by Gasteiger charge is 2.47. The number of amides is 1. The molecule has 7 heteroatoms. The number of alkyl carbamates (subject to hydrolysis) is 1. The van der Waals surface area contributed by atoms with Gasteiger partial charge in [-0.3, -0.25) is 9.59 Å². The molecule has 1 atom stereocenters. The predicted octanol–water partition coefficient (Wildman–Crippen LogP) is 3.33. The second kappa shape index (κ2) is 8.92. The highest BCUT2D eigenvalue weighted by Crippen LogP contribution is 2.29. The molecule has 0 aromatic heterocycles. The molecule has 0 unspecified atom stereocenters. The molecule has 2 aromatic rings. The number of halogens is 1. The molecule has 0 heterocycles. The van der Waals surface area contributed by atoms with E-state index in [1.807, 2.05) is 18.2 Å². The fourth-order valence-corrected chi connectivity index (χ4v) is 2.89. The number of aliphatic hydroxyl groups is 1. The van der Waals surface area contributed by atoms with Crippen LogP contribution in [0.2, 0.25) is 0 Å². The van der Waals surface area contributed by atoms with Gasteiger partial charge in [0.1, 0.15) is 12.6 Å².